The summed E-state index contributed by atoms with van der Waals surface area (Å²) in [5.41, 5.74) is 2.40. The molecule has 4 aromatic rings. The number of benzene rings is 4. The van der Waals surface area contributed by atoms with Crippen LogP contribution >= 0.6 is 0 Å². The maximum atomic E-state index is 3.54. The van der Waals surface area contributed by atoms with Crippen LogP contribution in [-0.4, -0.2) is 0 Å². The fourth-order valence-electron chi connectivity index (χ4n) is 2.73. The summed E-state index contributed by atoms with van der Waals surface area (Å²) in [4.78, 5) is 0. The molecule has 0 heterocycles. The summed E-state index contributed by atoms with van der Waals surface area (Å²) < 4.78 is 0. The van der Waals surface area contributed by atoms with Crippen molar-refractivity contribution in [2.45, 2.75) is 0 Å². The van der Waals surface area contributed by atoms with Crippen molar-refractivity contribution in [1.29, 1.82) is 0 Å². The summed E-state index contributed by atoms with van der Waals surface area (Å²) in [6.07, 6.45) is 0. The molecule has 4 rings (SSSR count). The molecule has 0 aliphatic rings. The molecule has 4 aromatic carbocycles. The summed E-state index contributed by atoms with van der Waals surface area (Å²) in [6, 6.07) is 31.2. The molecule has 0 heteroatoms. The third-order valence-electron chi connectivity index (χ3n) is 3.74. The predicted octanol–water partition coefficient (Wildman–Crippen LogP) is 5.46. The van der Waals surface area contributed by atoms with Crippen molar-refractivity contribution in [3.63, 3.8) is 0 Å². The Kier molecular flexibility index (Phi) is 2.53. The Balaban J connectivity index is 2.01. The van der Waals surface area contributed by atoms with E-state index in [1.165, 1.54) is 21.7 Å². The Hall–Kier alpha value is -2.60. The van der Waals surface area contributed by atoms with Crippen LogP contribution in [0, 0.1) is 6.07 Å². The van der Waals surface area contributed by atoms with Gasteiger partial charge in [0.1, 0.15) is 0 Å². The Bertz CT molecular complexity index is 898. The second kappa shape index (κ2) is 4.50. The zero-order valence-corrected chi connectivity index (χ0v) is 11.0. The molecule has 0 N–H and O–H groups in total. The standard InChI is InChI=1S/C20H13/c1-2-8-17-14-18(13-12-15(17)6-1)20-11-5-9-16-7-3-4-10-19(16)20/h1-13H. The fraction of sp³-hybridized carbons (Fsp3) is 0. The van der Waals surface area contributed by atoms with E-state index >= 15 is 0 Å². The molecular formula is C20H13. The zero-order chi connectivity index (χ0) is 13.4. The first kappa shape index (κ1) is 11.2. The molecule has 0 saturated heterocycles. The molecule has 0 bridgehead atoms. The molecule has 0 aliphatic heterocycles. The van der Waals surface area contributed by atoms with Gasteiger partial charge in [-0.05, 0) is 38.7 Å². The van der Waals surface area contributed by atoms with Gasteiger partial charge in [-0.1, -0.05) is 78.9 Å². The summed E-state index contributed by atoms with van der Waals surface area (Å²) in [5.74, 6) is 0. The van der Waals surface area contributed by atoms with E-state index in [0.29, 0.717) is 0 Å². The van der Waals surface area contributed by atoms with E-state index in [1.54, 1.807) is 0 Å². The quantitative estimate of drug-likeness (QED) is 0.422. The van der Waals surface area contributed by atoms with Crippen LogP contribution in [0.5, 0.6) is 0 Å². The minimum Gasteiger partial charge on any atom is -0.0616 e. The van der Waals surface area contributed by atoms with Crippen molar-refractivity contribution in [2.75, 3.05) is 0 Å². The highest BCUT2D eigenvalue weighted by molar-refractivity contribution is 5.98. The molecule has 0 unspecified atom stereocenters. The summed E-state index contributed by atoms with van der Waals surface area (Å²) in [7, 11) is 0. The van der Waals surface area contributed by atoms with E-state index in [2.05, 4.69) is 84.9 Å². The average molecular weight is 253 g/mol. The highest BCUT2D eigenvalue weighted by Crippen LogP contribution is 2.30. The first-order chi connectivity index (χ1) is 9.92. The molecule has 0 atom stereocenters. The van der Waals surface area contributed by atoms with Crippen LogP contribution in [0.3, 0.4) is 0 Å². The largest absolute Gasteiger partial charge is 0.0616 e. The van der Waals surface area contributed by atoms with Crippen LogP contribution in [0.25, 0.3) is 32.7 Å². The Morgan fingerprint density at radius 2 is 1.30 bits per heavy atom. The van der Waals surface area contributed by atoms with Crippen molar-refractivity contribution in [2.24, 2.45) is 0 Å². The van der Waals surface area contributed by atoms with Gasteiger partial charge in [0.05, 0.1) is 0 Å². The molecular weight excluding hydrogens is 240 g/mol. The molecule has 0 aliphatic carbocycles. The van der Waals surface area contributed by atoms with Gasteiger partial charge in [0, 0.05) is 0 Å². The van der Waals surface area contributed by atoms with Gasteiger partial charge < -0.3 is 0 Å². The van der Waals surface area contributed by atoms with Crippen molar-refractivity contribution in [3.8, 4) is 11.1 Å². The lowest BCUT2D eigenvalue weighted by Gasteiger charge is -2.07. The van der Waals surface area contributed by atoms with E-state index in [4.69, 9.17) is 0 Å². The number of hydrogen-bond acceptors (Lipinski definition) is 0. The van der Waals surface area contributed by atoms with Crippen LogP contribution in [0.1, 0.15) is 0 Å². The van der Waals surface area contributed by atoms with Crippen molar-refractivity contribution < 1.29 is 0 Å². The van der Waals surface area contributed by atoms with Gasteiger partial charge in [0.2, 0.25) is 0 Å². The minimum absolute atomic E-state index is 1.15. The molecule has 20 heavy (non-hydrogen) atoms. The smallest absolute Gasteiger partial charge is 0.00141 e. The van der Waals surface area contributed by atoms with Gasteiger partial charge in [-0.15, -0.1) is 0 Å². The van der Waals surface area contributed by atoms with Crippen LogP contribution in [0.15, 0.2) is 78.9 Å². The molecule has 0 nitrogen and oxygen atoms in total. The lowest BCUT2D eigenvalue weighted by atomic mass is 9.96. The van der Waals surface area contributed by atoms with E-state index in [9.17, 15) is 0 Å². The van der Waals surface area contributed by atoms with Gasteiger partial charge in [-0.25, -0.2) is 0 Å². The van der Waals surface area contributed by atoms with Gasteiger partial charge in [-0.3, -0.25) is 0 Å². The molecule has 0 aromatic heterocycles. The zero-order valence-electron chi connectivity index (χ0n) is 11.0. The average Bonchev–Trinajstić information content (AvgIpc) is 2.54. The maximum Gasteiger partial charge on any atom is -0.00141 e. The minimum atomic E-state index is 1.15. The summed E-state index contributed by atoms with van der Waals surface area (Å²) >= 11 is 0. The van der Waals surface area contributed by atoms with Gasteiger partial charge in [-0.2, -0.15) is 0 Å². The van der Waals surface area contributed by atoms with Crippen LogP contribution in [0.2, 0.25) is 0 Å². The monoisotopic (exact) mass is 253 g/mol. The van der Waals surface area contributed by atoms with Crippen LogP contribution in [0.4, 0.5) is 0 Å². The first-order valence-corrected chi connectivity index (χ1v) is 6.81. The Morgan fingerprint density at radius 1 is 0.550 bits per heavy atom. The van der Waals surface area contributed by atoms with E-state index < -0.39 is 0 Å². The fourth-order valence-corrected chi connectivity index (χ4v) is 2.73. The molecule has 0 amide bonds. The van der Waals surface area contributed by atoms with Crippen molar-refractivity contribution >= 4 is 21.5 Å². The Labute approximate surface area is 118 Å². The first-order valence-electron chi connectivity index (χ1n) is 6.81. The lowest BCUT2D eigenvalue weighted by Crippen LogP contribution is -1.82. The third-order valence-corrected chi connectivity index (χ3v) is 3.74. The second-order valence-corrected chi connectivity index (χ2v) is 4.99. The number of hydrogen-bond donors (Lipinski definition) is 0. The van der Waals surface area contributed by atoms with E-state index in [1.807, 2.05) is 0 Å². The Morgan fingerprint density at radius 3 is 2.25 bits per heavy atom. The van der Waals surface area contributed by atoms with Crippen molar-refractivity contribution in [3.05, 3.63) is 84.9 Å². The van der Waals surface area contributed by atoms with Gasteiger partial charge in [0.15, 0.2) is 0 Å². The normalized spacial score (nSPS) is 11.0. The summed E-state index contributed by atoms with van der Waals surface area (Å²) in [5, 5.41) is 4.95. The van der Waals surface area contributed by atoms with Crippen molar-refractivity contribution in [1.82, 2.24) is 0 Å². The third kappa shape index (κ3) is 1.78. The van der Waals surface area contributed by atoms with Crippen LogP contribution in [-0.2, 0) is 0 Å². The molecule has 93 valence electrons. The molecule has 0 saturated carbocycles. The molecule has 0 spiro atoms. The predicted molar refractivity (Wildman–Crippen MR) is 85.7 cm³/mol. The summed E-state index contributed by atoms with van der Waals surface area (Å²) in [6.45, 7) is 0. The maximum absolute atomic E-state index is 3.54. The van der Waals surface area contributed by atoms with Gasteiger partial charge in [0.25, 0.3) is 0 Å². The molecule has 1 radical (unpaired) electrons. The number of fused-ring (bicyclic) bond motifs is 2. The van der Waals surface area contributed by atoms with Gasteiger partial charge >= 0.3 is 0 Å². The highest BCUT2D eigenvalue weighted by Gasteiger charge is 2.04. The second-order valence-electron chi connectivity index (χ2n) is 4.99. The van der Waals surface area contributed by atoms with E-state index in [-0.39, 0.29) is 0 Å². The van der Waals surface area contributed by atoms with E-state index in [0.717, 1.165) is 10.9 Å². The topological polar surface area (TPSA) is 0 Å². The lowest BCUT2D eigenvalue weighted by molar-refractivity contribution is 1.67. The number of rotatable bonds is 1. The highest BCUT2D eigenvalue weighted by atomic mass is 14.1. The van der Waals surface area contributed by atoms with Crippen LogP contribution < -0.4 is 0 Å². The SMILES string of the molecule is [c]1c(-c2cccc3ccccc23)ccc2ccccc12. The molecule has 0 fully saturated rings.